The molecule has 2 aromatic rings. The topological polar surface area (TPSA) is 52.0 Å². The molecule has 0 radical (unpaired) electrons. The molecule has 4 aliphatic rings. The second-order valence-electron chi connectivity index (χ2n) is 6.91. The van der Waals surface area contributed by atoms with Crippen molar-refractivity contribution in [3.8, 4) is 0 Å². The molecule has 2 aromatic carbocycles. The highest BCUT2D eigenvalue weighted by atomic mass is 15.2. The predicted molar refractivity (Wildman–Crippen MR) is 126 cm³/mol. The van der Waals surface area contributed by atoms with E-state index < -0.39 is 0 Å². The summed E-state index contributed by atoms with van der Waals surface area (Å²) in [5, 5.41) is 6.23. The summed E-state index contributed by atoms with van der Waals surface area (Å²) >= 11 is 0. The molecule has 0 amide bonds. The van der Waals surface area contributed by atoms with Gasteiger partial charge >= 0.3 is 0 Å². The summed E-state index contributed by atoms with van der Waals surface area (Å²) in [4.78, 5) is 10.4. The standard InChI is InChI=1S/C9H9N.2C8H8N2/c1-2-4-9-7-10-6-5-8(9)3-1;1-2-6-10-7-3-5-9-8(10)4-1;1-2-4-8-7(3-1)5-9-6-10-8/h1-6,10H,7H2;1-6H,7H2;1-4,6H,5H2,(H,9,10). The molecule has 4 heterocycles. The third-order valence-corrected chi connectivity index (χ3v) is 4.85. The van der Waals surface area contributed by atoms with Gasteiger partial charge in [-0.25, -0.2) is 4.99 Å². The summed E-state index contributed by atoms with van der Waals surface area (Å²) in [5.41, 5.74) is 5.16. The Kier molecular flexibility index (Phi) is 6.53. The minimum atomic E-state index is 0.809. The lowest BCUT2D eigenvalue weighted by Gasteiger charge is -2.22. The van der Waals surface area contributed by atoms with Crippen molar-refractivity contribution in [1.29, 1.82) is 0 Å². The maximum absolute atomic E-state index is 4.18. The monoisotopic (exact) mass is 395 g/mol. The molecule has 0 atom stereocenters. The Balaban J connectivity index is 0.000000109. The van der Waals surface area contributed by atoms with Gasteiger partial charge in [-0.05, 0) is 53.3 Å². The molecule has 0 spiro atoms. The summed E-state index contributed by atoms with van der Waals surface area (Å²) in [6, 6.07) is 16.6. The fourth-order valence-electron chi connectivity index (χ4n) is 3.26. The lowest BCUT2D eigenvalue weighted by molar-refractivity contribution is 0.614. The van der Waals surface area contributed by atoms with Gasteiger partial charge in [0.15, 0.2) is 0 Å². The number of benzene rings is 2. The van der Waals surface area contributed by atoms with Gasteiger partial charge in [-0.1, -0.05) is 48.5 Å². The van der Waals surface area contributed by atoms with E-state index in [2.05, 4.69) is 68.0 Å². The predicted octanol–water partition coefficient (Wildman–Crippen LogP) is 4.70. The van der Waals surface area contributed by atoms with Crippen LogP contribution in [0.25, 0.3) is 6.08 Å². The van der Waals surface area contributed by atoms with Gasteiger partial charge in [-0.15, -0.1) is 0 Å². The van der Waals surface area contributed by atoms with Crippen molar-refractivity contribution < 1.29 is 0 Å². The number of hydrogen-bond donors (Lipinski definition) is 2. The molecule has 30 heavy (non-hydrogen) atoms. The smallest absolute Gasteiger partial charge is 0.132 e. The van der Waals surface area contributed by atoms with Crippen molar-refractivity contribution in [2.24, 2.45) is 9.98 Å². The minimum Gasteiger partial charge on any atom is -0.387 e. The Labute approximate surface area is 177 Å². The Morgan fingerprint density at radius 3 is 2.63 bits per heavy atom. The second kappa shape index (κ2) is 10.1. The molecule has 2 N–H and O–H groups in total. The summed E-state index contributed by atoms with van der Waals surface area (Å²) in [7, 11) is 0. The highest BCUT2D eigenvalue weighted by Gasteiger charge is 2.07. The maximum Gasteiger partial charge on any atom is 0.132 e. The number of hydrogen-bond acceptors (Lipinski definition) is 5. The maximum atomic E-state index is 4.18. The van der Waals surface area contributed by atoms with E-state index in [1.165, 1.54) is 22.4 Å². The van der Waals surface area contributed by atoms with Crippen LogP contribution in [-0.4, -0.2) is 23.6 Å². The van der Waals surface area contributed by atoms with E-state index in [4.69, 9.17) is 0 Å². The first kappa shape index (κ1) is 19.5. The lowest BCUT2D eigenvalue weighted by Crippen LogP contribution is -2.27. The van der Waals surface area contributed by atoms with Gasteiger partial charge in [0, 0.05) is 31.2 Å². The van der Waals surface area contributed by atoms with Crippen LogP contribution in [0.5, 0.6) is 0 Å². The van der Waals surface area contributed by atoms with E-state index >= 15 is 0 Å². The van der Waals surface area contributed by atoms with Gasteiger partial charge in [-0.2, -0.15) is 0 Å². The number of nitrogens with one attached hydrogen (secondary N) is 2. The van der Waals surface area contributed by atoms with Crippen LogP contribution in [0.4, 0.5) is 5.69 Å². The molecule has 6 rings (SSSR count). The van der Waals surface area contributed by atoms with Crippen LogP contribution in [0.3, 0.4) is 0 Å². The molecule has 0 unspecified atom stereocenters. The first-order chi connectivity index (χ1) is 14.9. The molecule has 0 aliphatic carbocycles. The fraction of sp³-hybridized carbons (Fsp3) is 0.120. The van der Waals surface area contributed by atoms with Crippen LogP contribution in [0, 0.1) is 0 Å². The molecular formula is C25H25N5. The molecule has 4 aliphatic heterocycles. The number of anilines is 1. The summed E-state index contributed by atoms with van der Waals surface area (Å²) in [6.07, 6.45) is 17.7. The van der Waals surface area contributed by atoms with Crippen LogP contribution in [-0.2, 0) is 13.1 Å². The van der Waals surface area contributed by atoms with Gasteiger partial charge in [0.05, 0.1) is 12.9 Å². The van der Waals surface area contributed by atoms with Crippen LogP contribution in [0.1, 0.15) is 16.7 Å². The number of aliphatic imine (C=N–C) groups is 2. The van der Waals surface area contributed by atoms with Gasteiger partial charge in [-0.3, -0.25) is 4.99 Å². The van der Waals surface area contributed by atoms with E-state index in [0.29, 0.717) is 0 Å². The van der Waals surface area contributed by atoms with E-state index in [1.807, 2.05) is 55.0 Å². The Morgan fingerprint density at radius 1 is 0.900 bits per heavy atom. The molecule has 0 bridgehead atoms. The van der Waals surface area contributed by atoms with Gasteiger partial charge in [0.25, 0.3) is 0 Å². The van der Waals surface area contributed by atoms with Crippen molar-refractivity contribution in [2.45, 2.75) is 13.1 Å². The summed E-state index contributed by atoms with van der Waals surface area (Å²) in [5.74, 6) is 1.03. The van der Waals surface area contributed by atoms with E-state index in [-0.39, 0.29) is 0 Å². The molecule has 0 saturated carbocycles. The Bertz CT molecular complexity index is 1020. The summed E-state index contributed by atoms with van der Waals surface area (Å²) < 4.78 is 0. The number of fused-ring (bicyclic) bond motifs is 3. The zero-order valence-electron chi connectivity index (χ0n) is 16.8. The van der Waals surface area contributed by atoms with E-state index in [9.17, 15) is 0 Å². The van der Waals surface area contributed by atoms with Crippen LogP contribution < -0.4 is 10.6 Å². The van der Waals surface area contributed by atoms with Crippen molar-refractivity contribution in [1.82, 2.24) is 10.2 Å². The SMILES string of the molecule is C1=CC2=NC=CCN2C=C1.C1=Cc2ccccc2CN1.C1=NCc2ccccc2N1. The van der Waals surface area contributed by atoms with Gasteiger partial charge < -0.3 is 15.5 Å². The van der Waals surface area contributed by atoms with Crippen molar-refractivity contribution in [3.05, 3.63) is 108 Å². The third-order valence-electron chi connectivity index (χ3n) is 4.85. The minimum absolute atomic E-state index is 0.809. The third kappa shape index (κ3) is 5.14. The molecule has 0 fully saturated rings. The van der Waals surface area contributed by atoms with E-state index in [1.54, 1.807) is 6.34 Å². The van der Waals surface area contributed by atoms with Crippen LogP contribution >= 0.6 is 0 Å². The first-order valence-corrected chi connectivity index (χ1v) is 10.0. The van der Waals surface area contributed by atoms with Gasteiger partial charge in [0.2, 0.25) is 0 Å². The fourth-order valence-corrected chi connectivity index (χ4v) is 3.26. The largest absolute Gasteiger partial charge is 0.387 e. The van der Waals surface area contributed by atoms with Crippen LogP contribution in [0.2, 0.25) is 0 Å². The zero-order chi connectivity index (χ0) is 20.4. The normalized spacial score (nSPS) is 16.3. The molecule has 150 valence electrons. The van der Waals surface area contributed by atoms with E-state index in [0.717, 1.165) is 25.5 Å². The second-order valence-corrected chi connectivity index (χ2v) is 6.91. The number of allylic oxidation sites excluding steroid dienone is 2. The Hall–Kier alpha value is -3.86. The molecule has 0 aromatic heterocycles. The van der Waals surface area contributed by atoms with Crippen molar-refractivity contribution in [3.63, 3.8) is 0 Å². The molecule has 5 nitrogen and oxygen atoms in total. The number of para-hydroxylation sites is 1. The molecule has 5 heteroatoms. The Morgan fingerprint density at radius 2 is 1.77 bits per heavy atom. The highest BCUT2D eigenvalue weighted by Crippen LogP contribution is 2.17. The first-order valence-electron chi connectivity index (χ1n) is 10.0. The molecular weight excluding hydrogens is 370 g/mol. The van der Waals surface area contributed by atoms with Crippen LogP contribution in [0.15, 0.2) is 101 Å². The number of nitrogens with zero attached hydrogens (tertiary/aromatic N) is 3. The van der Waals surface area contributed by atoms with Crippen molar-refractivity contribution in [2.75, 3.05) is 11.9 Å². The highest BCUT2D eigenvalue weighted by molar-refractivity contribution is 5.95. The zero-order valence-corrected chi connectivity index (χ0v) is 16.8. The quantitative estimate of drug-likeness (QED) is 0.680. The van der Waals surface area contributed by atoms with Crippen molar-refractivity contribution >= 4 is 23.9 Å². The van der Waals surface area contributed by atoms with Gasteiger partial charge in [0.1, 0.15) is 5.84 Å². The average molecular weight is 396 g/mol. The summed E-state index contributed by atoms with van der Waals surface area (Å²) in [6.45, 7) is 2.72. The number of amidine groups is 1. The molecule has 0 saturated heterocycles. The number of rotatable bonds is 0. The lowest BCUT2D eigenvalue weighted by atomic mass is 10.1. The average Bonchev–Trinajstić information content (AvgIpc) is 2.85.